The Morgan fingerprint density at radius 3 is 2.48 bits per heavy atom. The summed E-state index contributed by atoms with van der Waals surface area (Å²) >= 11 is 0. The Kier molecular flexibility index (Phi) is 8.35. The maximum absolute atomic E-state index is 12.1. The van der Waals surface area contributed by atoms with Gasteiger partial charge in [-0.3, -0.25) is 9.59 Å². The maximum atomic E-state index is 12.1. The normalized spacial score (nSPS) is 16.3. The van der Waals surface area contributed by atoms with Gasteiger partial charge < -0.3 is 15.5 Å². The third-order valence-electron chi connectivity index (χ3n) is 3.92. The molecule has 0 saturated carbocycles. The van der Waals surface area contributed by atoms with Crippen molar-refractivity contribution in [3.8, 4) is 0 Å². The molecule has 0 atom stereocenters. The first kappa shape index (κ1) is 18.0. The van der Waals surface area contributed by atoms with Crippen molar-refractivity contribution in [2.45, 2.75) is 58.9 Å². The number of likely N-dealkylation sites (N-methyl/N-ethyl adjacent to an activating group) is 1. The predicted octanol–water partition coefficient (Wildman–Crippen LogP) is 1.53. The van der Waals surface area contributed by atoms with E-state index in [4.69, 9.17) is 0 Å². The number of carbonyl (C=O) groups is 2. The molecule has 1 saturated heterocycles. The Morgan fingerprint density at radius 2 is 1.90 bits per heavy atom. The zero-order chi connectivity index (χ0) is 15.7. The predicted molar refractivity (Wildman–Crippen MR) is 85.0 cm³/mol. The largest absolute Gasteiger partial charge is 0.352 e. The Bertz CT molecular complexity index is 323. The summed E-state index contributed by atoms with van der Waals surface area (Å²) in [5, 5.41) is 6.05. The van der Waals surface area contributed by atoms with Crippen molar-refractivity contribution in [2.24, 2.45) is 5.92 Å². The zero-order valence-corrected chi connectivity index (χ0v) is 13.8. The van der Waals surface area contributed by atoms with Gasteiger partial charge in [-0.2, -0.15) is 0 Å². The van der Waals surface area contributed by atoms with Gasteiger partial charge in [0.15, 0.2) is 0 Å². The molecule has 2 amide bonds. The first-order valence-electron chi connectivity index (χ1n) is 8.30. The van der Waals surface area contributed by atoms with Crippen LogP contribution < -0.4 is 10.6 Å². The molecule has 5 nitrogen and oxygen atoms in total. The van der Waals surface area contributed by atoms with Crippen molar-refractivity contribution in [3.05, 3.63) is 0 Å². The molecule has 0 unspecified atom stereocenters. The van der Waals surface area contributed by atoms with Gasteiger partial charge in [0, 0.05) is 25.6 Å². The third kappa shape index (κ3) is 7.46. The summed E-state index contributed by atoms with van der Waals surface area (Å²) in [6.45, 7) is 9.08. The number of nitrogens with one attached hydrogen (secondary N) is 2. The van der Waals surface area contributed by atoms with E-state index in [1.807, 2.05) is 11.8 Å². The Balaban J connectivity index is 2.19. The smallest absolute Gasteiger partial charge is 0.234 e. The van der Waals surface area contributed by atoms with Crippen LogP contribution >= 0.6 is 0 Å². The fraction of sp³-hybridized carbons (Fsp3) is 0.875. The van der Waals surface area contributed by atoms with Gasteiger partial charge in [-0.05, 0) is 31.7 Å². The van der Waals surface area contributed by atoms with E-state index in [0.717, 1.165) is 45.3 Å². The van der Waals surface area contributed by atoms with Crippen LogP contribution in [0.4, 0.5) is 0 Å². The number of nitrogens with zero attached hydrogens (tertiary/aromatic N) is 1. The molecule has 1 rings (SSSR count). The number of carbonyl (C=O) groups excluding carboxylic acids is 2. The highest BCUT2D eigenvalue weighted by Crippen LogP contribution is 2.14. The van der Waals surface area contributed by atoms with Gasteiger partial charge >= 0.3 is 0 Å². The van der Waals surface area contributed by atoms with E-state index in [9.17, 15) is 9.59 Å². The number of likely N-dealkylation sites (tertiary alicyclic amines) is 1. The first-order chi connectivity index (χ1) is 10.0. The van der Waals surface area contributed by atoms with Crippen LogP contribution in [0.3, 0.4) is 0 Å². The minimum absolute atomic E-state index is 0.0542. The van der Waals surface area contributed by atoms with E-state index in [-0.39, 0.29) is 17.9 Å². The molecule has 21 heavy (non-hydrogen) atoms. The third-order valence-corrected chi connectivity index (χ3v) is 3.92. The summed E-state index contributed by atoms with van der Waals surface area (Å²) in [7, 11) is 0. The minimum atomic E-state index is 0.0542. The highest BCUT2D eigenvalue weighted by Gasteiger charge is 2.23. The molecule has 1 aliphatic rings. The molecule has 0 radical (unpaired) electrons. The van der Waals surface area contributed by atoms with E-state index in [1.54, 1.807) is 0 Å². The van der Waals surface area contributed by atoms with Crippen molar-refractivity contribution >= 4 is 11.8 Å². The maximum Gasteiger partial charge on any atom is 0.234 e. The lowest BCUT2D eigenvalue weighted by Gasteiger charge is -2.32. The molecule has 0 aliphatic carbocycles. The van der Waals surface area contributed by atoms with E-state index in [1.165, 1.54) is 0 Å². The minimum Gasteiger partial charge on any atom is -0.352 e. The Labute approximate surface area is 128 Å². The quantitative estimate of drug-likeness (QED) is 0.714. The Morgan fingerprint density at radius 1 is 1.24 bits per heavy atom. The van der Waals surface area contributed by atoms with Crippen molar-refractivity contribution in [3.63, 3.8) is 0 Å². The van der Waals surface area contributed by atoms with Crippen LogP contribution in [0.5, 0.6) is 0 Å². The van der Waals surface area contributed by atoms with Crippen LogP contribution in [0.1, 0.15) is 52.9 Å². The van der Waals surface area contributed by atoms with Gasteiger partial charge in [0.1, 0.15) is 0 Å². The molecule has 0 aromatic heterocycles. The first-order valence-corrected chi connectivity index (χ1v) is 8.30. The highest BCUT2D eigenvalue weighted by atomic mass is 16.2. The average Bonchev–Trinajstić information content (AvgIpc) is 2.45. The van der Waals surface area contributed by atoms with Crippen LogP contribution in [0.25, 0.3) is 0 Å². The monoisotopic (exact) mass is 297 g/mol. The van der Waals surface area contributed by atoms with Crippen molar-refractivity contribution in [1.29, 1.82) is 0 Å². The second-order valence-corrected chi connectivity index (χ2v) is 6.29. The lowest BCUT2D eigenvalue weighted by atomic mass is 10.0. The van der Waals surface area contributed by atoms with Crippen molar-refractivity contribution in [1.82, 2.24) is 15.5 Å². The summed E-state index contributed by atoms with van der Waals surface area (Å²) in [5.74, 6) is 0.988. The van der Waals surface area contributed by atoms with Crippen LogP contribution in [0, 0.1) is 5.92 Å². The zero-order valence-electron chi connectivity index (χ0n) is 13.8. The molecule has 1 heterocycles. The van der Waals surface area contributed by atoms with Gasteiger partial charge in [0.25, 0.3) is 0 Å². The molecule has 0 spiro atoms. The number of piperidine rings is 1. The fourth-order valence-corrected chi connectivity index (χ4v) is 2.61. The van der Waals surface area contributed by atoms with Crippen molar-refractivity contribution in [2.75, 3.05) is 26.2 Å². The summed E-state index contributed by atoms with van der Waals surface area (Å²) in [5.41, 5.74) is 0. The van der Waals surface area contributed by atoms with Crippen LogP contribution in [0.2, 0.25) is 0 Å². The number of amides is 2. The topological polar surface area (TPSA) is 61.4 Å². The van der Waals surface area contributed by atoms with Crippen LogP contribution in [0.15, 0.2) is 0 Å². The number of hydrogen-bond donors (Lipinski definition) is 2. The molecule has 0 aromatic carbocycles. The van der Waals surface area contributed by atoms with Gasteiger partial charge in [-0.25, -0.2) is 0 Å². The molecule has 2 N–H and O–H groups in total. The van der Waals surface area contributed by atoms with Gasteiger partial charge in [-0.1, -0.05) is 27.2 Å². The lowest BCUT2D eigenvalue weighted by Crippen LogP contribution is -2.48. The van der Waals surface area contributed by atoms with Gasteiger partial charge in [-0.15, -0.1) is 0 Å². The van der Waals surface area contributed by atoms with Crippen LogP contribution in [-0.4, -0.2) is 48.9 Å². The molecule has 0 bridgehead atoms. The van der Waals surface area contributed by atoms with Gasteiger partial charge in [0.05, 0.1) is 6.54 Å². The van der Waals surface area contributed by atoms with E-state index in [2.05, 4.69) is 24.5 Å². The van der Waals surface area contributed by atoms with E-state index in [0.29, 0.717) is 18.9 Å². The summed E-state index contributed by atoms with van der Waals surface area (Å²) in [6.07, 6.45) is 4.50. The van der Waals surface area contributed by atoms with E-state index >= 15 is 0 Å². The summed E-state index contributed by atoms with van der Waals surface area (Å²) < 4.78 is 0. The highest BCUT2D eigenvalue weighted by molar-refractivity contribution is 5.78. The summed E-state index contributed by atoms with van der Waals surface area (Å²) in [6, 6.07) is 0.218. The van der Waals surface area contributed by atoms with E-state index < -0.39 is 0 Å². The molecule has 1 aliphatic heterocycles. The fourth-order valence-electron chi connectivity index (χ4n) is 2.61. The number of hydrogen-bond acceptors (Lipinski definition) is 3. The molecule has 0 aromatic rings. The lowest BCUT2D eigenvalue weighted by molar-refractivity contribution is -0.132. The SMILES string of the molecule is CCNCC(=O)NC1CCN(C(=O)CCCC(C)C)CC1. The molecular weight excluding hydrogens is 266 g/mol. The Hall–Kier alpha value is -1.10. The van der Waals surface area contributed by atoms with Crippen molar-refractivity contribution < 1.29 is 9.59 Å². The second-order valence-electron chi connectivity index (χ2n) is 6.29. The van der Waals surface area contributed by atoms with Crippen LogP contribution in [-0.2, 0) is 9.59 Å². The summed E-state index contributed by atoms with van der Waals surface area (Å²) in [4.78, 5) is 25.7. The number of rotatable bonds is 8. The van der Waals surface area contributed by atoms with Gasteiger partial charge in [0.2, 0.25) is 11.8 Å². The average molecular weight is 297 g/mol. The molecule has 5 heteroatoms. The molecule has 122 valence electrons. The molecular formula is C16H31N3O2. The standard InChI is InChI=1S/C16H31N3O2/c1-4-17-12-15(20)18-14-8-10-19(11-9-14)16(21)7-5-6-13(2)3/h13-14,17H,4-12H2,1-3H3,(H,18,20). The second kappa shape index (κ2) is 9.77. The molecule has 1 fully saturated rings.